The van der Waals surface area contributed by atoms with Crippen molar-refractivity contribution >= 4 is 0 Å². The minimum Gasteiger partial charge on any atom is -0.494 e. The largest absolute Gasteiger partial charge is 0.494 e. The maximum Gasteiger partial charge on any atom is 0.192 e. The molecule has 1 aliphatic rings. The highest BCUT2D eigenvalue weighted by Crippen LogP contribution is 2.30. The van der Waals surface area contributed by atoms with Gasteiger partial charge in [-0.05, 0) is 32.1 Å². The second kappa shape index (κ2) is 5.34. The van der Waals surface area contributed by atoms with Crippen LogP contribution in [0.15, 0.2) is 24.0 Å². The molecule has 0 aromatic rings. The van der Waals surface area contributed by atoms with Gasteiger partial charge in [-0.3, -0.25) is 0 Å². The molecule has 2 unspecified atom stereocenters. The molecule has 0 saturated carbocycles. The summed E-state index contributed by atoms with van der Waals surface area (Å²) in [5.41, 5.74) is -1.18. The molecule has 0 aromatic carbocycles. The van der Waals surface area contributed by atoms with Gasteiger partial charge in [0, 0.05) is 6.61 Å². The van der Waals surface area contributed by atoms with Crippen molar-refractivity contribution in [3.8, 4) is 12.1 Å². The number of ether oxygens (including phenoxy) is 2. The summed E-state index contributed by atoms with van der Waals surface area (Å²) in [6.07, 6.45) is 4.90. The van der Waals surface area contributed by atoms with Gasteiger partial charge >= 0.3 is 0 Å². The van der Waals surface area contributed by atoms with E-state index >= 15 is 0 Å². The lowest BCUT2D eigenvalue weighted by atomic mass is 9.85. The minimum atomic E-state index is -1.18. The lowest BCUT2D eigenvalue weighted by molar-refractivity contribution is 0.0228. The van der Waals surface area contributed by atoms with E-state index in [0.717, 1.165) is 0 Å². The molecule has 4 nitrogen and oxygen atoms in total. The summed E-state index contributed by atoms with van der Waals surface area (Å²) in [6.45, 7) is 4.57. The van der Waals surface area contributed by atoms with Crippen LogP contribution >= 0.6 is 0 Å². The molecule has 0 saturated heterocycles. The lowest BCUT2D eigenvalue weighted by Gasteiger charge is -2.28. The van der Waals surface area contributed by atoms with Crippen molar-refractivity contribution in [3.63, 3.8) is 0 Å². The third-order valence-electron chi connectivity index (χ3n) is 2.30. The van der Waals surface area contributed by atoms with Crippen LogP contribution in [-0.2, 0) is 9.47 Å². The fraction of sp³-hybridized carbons (Fsp3) is 0.500. The monoisotopic (exact) mass is 218 g/mol. The van der Waals surface area contributed by atoms with Gasteiger partial charge in [-0.1, -0.05) is 0 Å². The first-order chi connectivity index (χ1) is 7.72. The zero-order chi connectivity index (χ0) is 12.0. The predicted molar refractivity (Wildman–Crippen MR) is 57.9 cm³/mol. The first-order valence-corrected chi connectivity index (χ1v) is 5.21. The van der Waals surface area contributed by atoms with E-state index in [4.69, 9.17) is 20.0 Å². The summed E-state index contributed by atoms with van der Waals surface area (Å²) in [5.74, 6) is -0.0244. The summed E-state index contributed by atoms with van der Waals surface area (Å²) in [4.78, 5) is 0. The van der Waals surface area contributed by atoms with Crippen LogP contribution in [0.2, 0.25) is 0 Å². The number of hydrogen-bond donors (Lipinski definition) is 0. The molecule has 0 bridgehead atoms. The Morgan fingerprint density at radius 1 is 1.38 bits per heavy atom. The van der Waals surface area contributed by atoms with Crippen LogP contribution in [0.3, 0.4) is 0 Å². The first kappa shape index (κ1) is 12.3. The normalized spacial score (nSPS) is 27.8. The second-order valence-electron chi connectivity index (χ2n) is 3.28. The number of hydrogen-bond acceptors (Lipinski definition) is 4. The Bertz CT molecular complexity index is 387. The average molecular weight is 218 g/mol. The van der Waals surface area contributed by atoms with Gasteiger partial charge in [0.05, 0.1) is 12.7 Å². The molecule has 0 heterocycles. The van der Waals surface area contributed by atoms with Gasteiger partial charge < -0.3 is 9.47 Å². The third kappa shape index (κ3) is 2.24. The smallest absolute Gasteiger partial charge is 0.192 e. The molecule has 0 N–H and O–H groups in total. The van der Waals surface area contributed by atoms with Gasteiger partial charge in [0.25, 0.3) is 0 Å². The highest BCUT2D eigenvalue weighted by atomic mass is 16.5. The van der Waals surface area contributed by atoms with Gasteiger partial charge in [-0.15, -0.1) is 0 Å². The van der Waals surface area contributed by atoms with Crippen LogP contribution in [0.1, 0.15) is 13.8 Å². The molecule has 84 valence electrons. The number of allylic oxidation sites excluding steroid dienone is 1. The quantitative estimate of drug-likeness (QED) is 0.723. The van der Waals surface area contributed by atoms with Crippen LogP contribution in [0, 0.1) is 28.6 Å². The Morgan fingerprint density at radius 2 is 2.12 bits per heavy atom. The molecule has 0 radical (unpaired) electrons. The van der Waals surface area contributed by atoms with Crippen LogP contribution < -0.4 is 0 Å². The van der Waals surface area contributed by atoms with Crippen molar-refractivity contribution in [2.24, 2.45) is 5.92 Å². The number of nitrogens with zero attached hydrogens (tertiary/aromatic N) is 2. The average Bonchev–Trinajstić information content (AvgIpc) is 2.31. The zero-order valence-electron chi connectivity index (χ0n) is 9.43. The molecule has 16 heavy (non-hydrogen) atoms. The molecule has 1 aliphatic carbocycles. The zero-order valence-corrected chi connectivity index (χ0v) is 9.43. The molecule has 1 rings (SSSR count). The van der Waals surface area contributed by atoms with E-state index in [1.54, 1.807) is 25.2 Å². The van der Waals surface area contributed by atoms with Crippen molar-refractivity contribution in [1.82, 2.24) is 0 Å². The van der Waals surface area contributed by atoms with E-state index < -0.39 is 11.5 Å². The van der Waals surface area contributed by atoms with E-state index in [2.05, 4.69) is 12.1 Å². The second-order valence-corrected chi connectivity index (χ2v) is 3.28. The van der Waals surface area contributed by atoms with Crippen molar-refractivity contribution in [2.45, 2.75) is 19.4 Å². The maximum atomic E-state index is 9.14. The van der Waals surface area contributed by atoms with Crippen LogP contribution in [0.4, 0.5) is 0 Å². The van der Waals surface area contributed by atoms with Crippen molar-refractivity contribution in [1.29, 1.82) is 10.5 Å². The molecular formula is C12H14N2O2. The maximum absolute atomic E-state index is 9.14. The fourth-order valence-corrected chi connectivity index (χ4v) is 1.57. The Kier molecular flexibility index (Phi) is 4.10. The Morgan fingerprint density at radius 3 is 2.62 bits per heavy atom. The molecule has 4 heteroatoms. The van der Waals surface area contributed by atoms with E-state index in [1.807, 2.05) is 6.92 Å². The van der Waals surface area contributed by atoms with Crippen LogP contribution in [-0.4, -0.2) is 18.8 Å². The van der Waals surface area contributed by atoms with Gasteiger partial charge in [-0.25, -0.2) is 0 Å². The van der Waals surface area contributed by atoms with E-state index in [-0.39, 0.29) is 0 Å². The highest BCUT2D eigenvalue weighted by Gasteiger charge is 2.39. The Labute approximate surface area is 95.4 Å². The van der Waals surface area contributed by atoms with Gasteiger partial charge in [-0.2, -0.15) is 10.5 Å². The summed E-state index contributed by atoms with van der Waals surface area (Å²) < 4.78 is 10.7. The van der Waals surface area contributed by atoms with Crippen LogP contribution in [0.25, 0.3) is 0 Å². The van der Waals surface area contributed by atoms with Crippen molar-refractivity contribution in [2.75, 3.05) is 13.2 Å². The van der Waals surface area contributed by atoms with Crippen molar-refractivity contribution < 1.29 is 9.47 Å². The topological polar surface area (TPSA) is 66.0 Å². The van der Waals surface area contributed by atoms with Crippen LogP contribution in [0.5, 0.6) is 0 Å². The standard InChI is InChI=1S/C12H14N2O2/c1-3-15-11-5-6-12(9-14,16-4-2)10(7-11)8-13/h5-7,10H,3-4H2,1-2H3. The summed E-state index contributed by atoms with van der Waals surface area (Å²) in [5, 5.41) is 18.2. The number of nitriles is 2. The molecule has 0 aliphatic heterocycles. The SMILES string of the molecule is CCOC1=CC(C#N)C(C#N)(OCC)C=C1. The minimum absolute atomic E-state index is 0.383. The van der Waals surface area contributed by atoms with E-state index in [9.17, 15) is 0 Å². The highest BCUT2D eigenvalue weighted by molar-refractivity contribution is 5.36. The summed E-state index contributed by atoms with van der Waals surface area (Å²) >= 11 is 0. The Balaban J connectivity index is 2.98. The fourth-order valence-electron chi connectivity index (χ4n) is 1.57. The molecular weight excluding hydrogens is 204 g/mol. The third-order valence-corrected chi connectivity index (χ3v) is 2.30. The predicted octanol–water partition coefficient (Wildman–Crippen LogP) is 1.92. The van der Waals surface area contributed by atoms with Gasteiger partial charge in [0.2, 0.25) is 0 Å². The van der Waals surface area contributed by atoms with E-state index in [0.29, 0.717) is 19.0 Å². The van der Waals surface area contributed by atoms with E-state index in [1.165, 1.54) is 0 Å². The molecule has 0 aromatic heterocycles. The molecule has 0 spiro atoms. The molecule has 0 amide bonds. The molecule has 0 fully saturated rings. The van der Waals surface area contributed by atoms with Crippen molar-refractivity contribution in [3.05, 3.63) is 24.0 Å². The van der Waals surface area contributed by atoms with Gasteiger partial charge in [0.15, 0.2) is 5.60 Å². The molecule has 2 atom stereocenters. The van der Waals surface area contributed by atoms with Gasteiger partial charge in [0.1, 0.15) is 17.7 Å². The number of rotatable bonds is 4. The summed E-state index contributed by atoms with van der Waals surface area (Å²) in [6, 6.07) is 4.11. The summed E-state index contributed by atoms with van der Waals surface area (Å²) in [7, 11) is 0. The Hall–Kier alpha value is -1.78. The lowest BCUT2D eigenvalue weighted by Crippen LogP contribution is -2.37. The first-order valence-electron chi connectivity index (χ1n) is 5.21.